The van der Waals surface area contributed by atoms with Crippen LogP contribution in [0.3, 0.4) is 0 Å². The third-order valence-electron chi connectivity index (χ3n) is 3.49. The summed E-state index contributed by atoms with van der Waals surface area (Å²) in [4.78, 5) is 0. The molecule has 2 atom stereocenters. The van der Waals surface area contributed by atoms with Crippen molar-refractivity contribution >= 4 is 0 Å². The van der Waals surface area contributed by atoms with Gasteiger partial charge in [-0.25, -0.2) is 0 Å². The molecular formula is C16H25NO. The fraction of sp³-hybridized carbons (Fsp3) is 0.625. The van der Waals surface area contributed by atoms with Crippen LogP contribution in [-0.2, 0) is 10.3 Å². The smallest absolute Gasteiger partial charge is 0.103 e. The molecule has 2 unspecified atom stereocenters. The number of benzene rings is 1. The normalized spacial score (nSPS) is 29.2. The van der Waals surface area contributed by atoms with Crippen molar-refractivity contribution in [1.29, 1.82) is 0 Å². The fourth-order valence-corrected chi connectivity index (χ4v) is 2.68. The summed E-state index contributed by atoms with van der Waals surface area (Å²) in [6, 6.07) is 10.5. The van der Waals surface area contributed by atoms with E-state index in [2.05, 4.69) is 63.3 Å². The molecule has 1 aliphatic heterocycles. The van der Waals surface area contributed by atoms with E-state index in [4.69, 9.17) is 4.74 Å². The molecule has 0 aliphatic carbocycles. The van der Waals surface area contributed by atoms with Gasteiger partial charge in [-0.1, -0.05) is 51.1 Å². The Labute approximate surface area is 111 Å². The molecule has 1 aromatic carbocycles. The van der Waals surface area contributed by atoms with E-state index >= 15 is 0 Å². The number of hydrogen-bond acceptors (Lipinski definition) is 2. The number of hydrogen-bond donors (Lipinski definition) is 1. The lowest BCUT2D eigenvalue weighted by Crippen LogP contribution is -2.51. The first kappa shape index (κ1) is 13.6. The van der Waals surface area contributed by atoms with Gasteiger partial charge in [-0.3, -0.25) is 0 Å². The van der Waals surface area contributed by atoms with Crippen LogP contribution in [0.1, 0.15) is 39.7 Å². The predicted octanol–water partition coefficient (Wildman–Crippen LogP) is 3.33. The summed E-state index contributed by atoms with van der Waals surface area (Å²) >= 11 is 0. The Morgan fingerprint density at radius 1 is 1.28 bits per heavy atom. The Morgan fingerprint density at radius 2 is 1.94 bits per heavy atom. The van der Waals surface area contributed by atoms with Crippen molar-refractivity contribution in [3.63, 3.8) is 0 Å². The lowest BCUT2D eigenvalue weighted by molar-refractivity contribution is -0.121. The van der Waals surface area contributed by atoms with Crippen molar-refractivity contribution < 1.29 is 4.74 Å². The maximum absolute atomic E-state index is 6.37. The fourth-order valence-electron chi connectivity index (χ4n) is 2.68. The van der Waals surface area contributed by atoms with Crippen LogP contribution in [0, 0.1) is 5.41 Å². The van der Waals surface area contributed by atoms with Gasteiger partial charge in [0, 0.05) is 13.1 Å². The molecule has 2 rings (SSSR count). The Morgan fingerprint density at radius 3 is 2.56 bits per heavy atom. The van der Waals surface area contributed by atoms with E-state index < -0.39 is 0 Å². The van der Waals surface area contributed by atoms with Crippen LogP contribution < -0.4 is 5.32 Å². The summed E-state index contributed by atoms with van der Waals surface area (Å²) in [5.41, 5.74) is 1.37. The van der Waals surface area contributed by atoms with Crippen LogP contribution in [0.15, 0.2) is 30.3 Å². The Kier molecular flexibility index (Phi) is 3.79. The zero-order chi connectivity index (χ0) is 13.2. The molecule has 100 valence electrons. The molecular weight excluding hydrogens is 222 g/mol. The SMILES string of the molecule is CC(C)(C)CC1CNCC(C)(c2ccccc2)O1. The van der Waals surface area contributed by atoms with Crippen LogP contribution >= 0.6 is 0 Å². The highest BCUT2D eigenvalue weighted by Gasteiger charge is 2.35. The molecule has 1 heterocycles. The number of ether oxygens (including phenoxy) is 1. The second kappa shape index (κ2) is 5.02. The summed E-state index contributed by atoms with van der Waals surface area (Å²) in [5.74, 6) is 0. The zero-order valence-corrected chi connectivity index (χ0v) is 12.0. The van der Waals surface area contributed by atoms with Crippen molar-refractivity contribution in [1.82, 2.24) is 5.32 Å². The van der Waals surface area contributed by atoms with E-state index in [1.54, 1.807) is 0 Å². The maximum Gasteiger partial charge on any atom is 0.103 e. The molecule has 2 heteroatoms. The zero-order valence-electron chi connectivity index (χ0n) is 12.0. The molecule has 2 nitrogen and oxygen atoms in total. The number of nitrogens with one attached hydrogen (secondary N) is 1. The average molecular weight is 247 g/mol. The molecule has 1 N–H and O–H groups in total. The third-order valence-corrected chi connectivity index (χ3v) is 3.49. The van der Waals surface area contributed by atoms with Gasteiger partial charge in [0.15, 0.2) is 0 Å². The van der Waals surface area contributed by atoms with Gasteiger partial charge in [0.1, 0.15) is 5.60 Å². The van der Waals surface area contributed by atoms with Gasteiger partial charge in [-0.05, 0) is 24.3 Å². The van der Waals surface area contributed by atoms with E-state index in [0.29, 0.717) is 11.5 Å². The predicted molar refractivity (Wildman–Crippen MR) is 75.6 cm³/mol. The minimum absolute atomic E-state index is 0.199. The first-order valence-corrected chi connectivity index (χ1v) is 6.83. The van der Waals surface area contributed by atoms with Crippen molar-refractivity contribution in [2.24, 2.45) is 5.41 Å². The van der Waals surface area contributed by atoms with E-state index in [9.17, 15) is 0 Å². The minimum atomic E-state index is -0.199. The van der Waals surface area contributed by atoms with Gasteiger partial charge in [0.05, 0.1) is 6.10 Å². The van der Waals surface area contributed by atoms with Crippen LogP contribution in [0.5, 0.6) is 0 Å². The standard InChI is InChI=1S/C16H25NO/c1-15(2,3)10-14-11-17-12-16(4,18-14)13-8-6-5-7-9-13/h5-9,14,17H,10-12H2,1-4H3. The second-order valence-corrected chi connectivity index (χ2v) is 6.73. The van der Waals surface area contributed by atoms with Crippen LogP contribution in [0.4, 0.5) is 0 Å². The van der Waals surface area contributed by atoms with Crippen molar-refractivity contribution in [2.75, 3.05) is 13.1 Å². The van der Waals surface area contributed by atoms with Gasteiger partial charge in [0.25, 0.3) is 0 Å². The second-order valence-electron chi connectivity index (χ2n) is 6.73. The number of rotatable bonds is 2. The van der Waals surface area contributed by atoms with Gasteiger partial charge >= 0.3 is 0 Å². The topological polar surface area (TPSA) is 21.3 Å². The van der Waals surface area contributed by atoms with Crippen molar-refractivity contribution in [2.45, 2.75) is 45.8 Å². The number of morpholine rings is 1. The van der Waals surface area contributed by atoms with E-state index in [0.717, 1.165) is 19.5 Å². The largest absolute Gasteiger partial charge is 0.365 e. The molecule has 0 radical (unpaired) electrons. The Hall–Kier alpha value is -0.860. The molecule has 0 spiro atoms. The van der Waals surface area contributed by atoms with Crippen LogP contribution in [0.25, 0.3) is 0 Å². The first-order chi connectivity index (χ1) is 8.39. The molecule has 1 saturated heterocycles. The summed E-state index contributed by atoms with van der Waals surface area (Å²) < 4.78 is 6.37. The lowest BCUT2D eigenvalue weighted by Gasteiger charge is -2.41. The highest BCUT2D eigenvalue weighted by molar-refractivity contribution is 5.23. The summed E-state index contributed by atoms with van der Waals surface area (Å²) in [6.07, 6.45) is 1.38. The van der Waals surface area contributed by atoms with Gasteiger partial charge in [-0.2, -0.15) is 0 Å². The minimum Gasteiger partial charge on any atom is -0.365 e. The van der Waals surface area contributed by atoms with E-state index in [-0.39, 0.29) is 5.60 Å². The van der Waals surface area contributed by atoms with Gasteiger partial charge in [0.2, 0.25) is 0 Å². The molecule has 1 fully saturated rings. The van der Waals surface area contributed by atoms with Crippen molar-refractivity contribution in [3.05, 3.63) is 35.9 Å². The van der Waals surface area contributed by atoms with E-state index in [1.807, 2.05) is 0 Å². The molecule has 1 aliphatic rings. The van der Waals surface area contributed by atoms with Crippen LogP contribution in [-0.4, -0.2) is 19.2 Å². The van der Waals surface area contributed by atoms with Crippen LogP contribution in [0.2, 0.25) is 0 Å². The van der Waals surface area contributed by atoms with Crippen molar-refractivity contribution in [3.8, 4) is 0 Å². The Bertz CT molecular complexity index is 382. The summed E-state index contributed by atoms with van der Waals surface area (Å²) in [6.45, 7) is 10.8. The maximum atomic E-state index is 6.37. The molecule has 0 bridgehead atoms. The van der Waals surface area contributed by atoms with E-state index in [1.165, 1.54) is 5.56 Å². The van der Waals surface area contributed by atoms with Gasteiger partial charge in [-0.15, -0.1) is 0 Å². The molecule has 0 amide bonds. The average Bonchev–Trinajstić information content (AvgIpc) is 2.28. The summed E-state index contributed by atoms with van der Waals surface area (Å²) in [7, 11) is 0. The molecule has 1 aromatic rings. The summed E-state index contributed by atoms with van der Waals surface area (Å²) in [5, 5.41) is 3.52. The molecule has 18 heavy (non-hydrogen) atoms. The molecule has 0 aromatic heterocycles. The Balaban J connectivity index is 2.10. The monoisotopic (exact) mass is 247 g/mol. The highest BCUT2D eigenvalue weighted by atomic mass is 16.5. The quantitative estimate of drug-likeness (QED) is 0.865. The molecule has 0 saturated carbocycles. The highest BCUT2D eigenvalue weighted by Crippen LogP contribution is 2.32. The third kappa shape index (κ3) is 3.33. The first-order valence-electron chi connectivity index (χ1n) is 6.83. The van der Waals surface area contributed by atoms with Gasteiger partial charge < -0.3 is 10.1 Å². The lowest BCUT2D eigenvalue weighted by atomic mass is 9.87.